The maximum Gasteiger partial charge on any atom is 0.416 e. The fourth-order valence-corrected chi connectivity index (χ4v) is 5.22. The largest absolute Gasteiger partial charge is 0.444 e. The van der Waals surface area contributed by atoms with Crippen LogP contribution in [0.1, 0.15) is 42.4 Å². The van der Waals surface area contributed by atoms with Gasteiger partial charge in [-0.15, -0.1) is 0 Å². The number of hydrogen-bond donors (Lipinski definition) is 1. The van der Waals surface area contributed by atoms with Crippen LogP contribution in [0.15, 0.2) is 53.7 Å². The summed E-state index contributed by atoms with van der Waals surface area (Å²) in [7, 11) is 0. The van der Waals surface area contributed by atoms with Crippen LogP contribution in [-0.2, 0) is 16.5 Å². The Hall–Kier alpha value is -3.08. The third-order valence-electron chi connectivity index (χ3n) is 5.71. The number of amides is 2. The molecule has 0 saturated carbocycles. The molecule has 4 rings (SSSR count). The van der Waals surface area contributed by atoms with Gasteiger partial charge in [-0.05, 0) is 45.0 Å². The smallest absolute Gasteiger partial charge is 0.416 e. The molecule has 2 aliphatic heterocycles. The molecule has 2 atom stereocenters. The van der Waals surface area contributed by atoms with E-state index in [1.54, 1.807) is 51.1 Å². The second kappa shape index (κ2) is 9.18. The fraction of sp³-hybridized carbons (Fsp3) is 0.417. The van der Waals surface area contributed by atoms with E-state index in [2.05, 4.69) is 10.3 Å². The van der Waals surface area contributed by atoms with Crippen molar-refractivity contribution < 1.29 is 27.5 Å². The van der Waals surface area contributed by atoms with Gasteiger partial charge < -0.3 is 15.0 Å². The Labute approximate surface area is 205 Å². The number of fused-ring (bicyclic) bond motifs is 1. The third-order valence-corrected chi connectivity index (χ3v) is 6.75. The Morgan fingerprint density at radius 3 is 2.54 bits per heavy atom. The molecule has 3 heterocycles. The Balaban J connectivity index is 1.72. The van der Waals surface area contributed by atoms with Gasteiger partial charge in [0, 0.05) is 30.0 Å². The number of pyridine rings is 1. The predicted octanol–water partition coefficient (Wildman–Crippen LogP) is 4.70. The van der Waals surface area contributed by atoms with Crippen LogP contribution in [0.2, 0.25) is 0 Å². The molecule has 2 aliphatic rings. The normalized spacial score (nSPS) is 22.3. The lowest BCUT2D eigenvalue weighted by Gasteiger charge is -2.34. The Morgan fingerprint density at radius 1 is 1.17 bits per heavy atom. The zero-order chi connectivity index (χ0) is 25.4. The van der Waals surface area contributed by atoms with Crippen molar-refractivity contribution in [3.8, 4) is 0 Å². The number of halogens is 3. The van der Waals surface area contributed by atoms with Crippen molar-refractivity contribution in [2.24, 2.45) is 10.9 Å². The lowest BCUT2D eigenvalue weighted by atomic mass is 9.84. The van der Waals surface area contributed by atoms with Crippen LogP contribution in [0.3, 0.4) is 0 Å². The molecule has 1 aromatic heterocycles. The number of alkyl halides is 3. The van der Waals surface area contributed by atoms with Crippen molar-refractivity contribution in [3.05, 3.63) is 65.5 Å². The van der Waals surface area contributed by atoms with Gasteiger partial charge in [-0.2, -0.15) is 13.2 Å². The minimum Gasteiger partial charge on any atom is -0.444 e. The summed E-state index contributed by atoms with van der Waals surface area (Å²) in [5.41, 5.74) is -2.34. The Morgan fingerprint density at radius 2 is 1.89 bits per heavy atom. The molecule has 2 aromatic rings. The van der Waals surface area contributed by atoms with Crippen molar-refractivity contribution in [2.45, 2.75) is 38.1 Å². The molecule has 2 amide bonds. The maximum absolute atomic E-state index is 13.5. The van der Waals surface area contributed by atoms with Gasteiger partial charge in [0.1, 0.15) is 11.1 Å². The molecule has 7 nitrogen and oxygen atoms in total. The SMILES string of the molecule is CC(C)(C)OC(=O)N1C[C@H]2CSC(NC(=O)c3ccccc3)=N[C@@]2(c2cc(C(F)(F)F)ccn2)C1. The van der Waals surface area contributed by atoms with Crippen molar-refractivity contribution >= 4 is 28.9 Å². The van der Waals surface area contributed by atoms with Gasteiger partial charge in [0.2, 0.25) is 0 Å². The number of amidine groups is 1. The first-order valence-electron chi connectivity index (χ1n) is 11.0. The van der Waals surface area contributed by atoms with E-state index in [-0.39, 0.29) is 35.8 Å². The zero-order valence-corrected chi connectivity index (χ0v) is 20.2. The molecule has 1 fully saturated rings. The average molecular weight is 507 g/mol. The molecule has 0 spiro atoms. The zero-order valence-electron chi connectivity index (χ0n) is 19.4. The minimum atomic E-state index is -4.56. The Kier molecular flexibility index (Phi) is 6.56. The highest BCUT2D eigenvalue weighted by molar-refractivity contribution is 8.13. The molecular formula is C24H25F3N4O3S. The average Bonchev–Trinajstić information content (AvgIpc) is 3.19. The summed E-state index contributed by atoms with van der Waals surface area (Å²) in [5.74, 6) is -0.289. The van der Waals surface area contributed by atoms with Gasteiger partial charge in [0.25, 0.3) is 5.91 Å². The number of likely N-dealkylation sites (tertiary alicyclic amines) is 1. The van der Waals surface area contributed by atoms with Crippen LogP contribution >= 0.6 is 11.8 Å². The number of aliphatic imine (C=N–C) groups is 1. The molecule has 0 radical (unpaired) electrons. The maximum atomic E-state index is 13.5. The summed E-state index contributed by atoms with van der Waals surface area (Å²) in [6.45, 7) is 5.44. The number of ether oxygens (including phenoxy) is 1. The summed E-state index contributed by atoms with van der Waals surface area (Å²) < 4.78 is 46.0. The van der Waals surface area contributed by atoms with Crippen molar-refractivity contribution in [1.29, 1.82) is 0 Å². The van der Waals surface area contributed by atoms with Crippen LogP contribution < -0.4 is 5.32 Å². The second-order valence-electron chi connectivity index (χ2n) is 9.46. The van der Waals surface area contributed by atoms with E-state index in [4.69, 9.17) is 9.73 Å². The number of aromatic nitrogens is 1. The first kappa shape index (κ1) is 25.0. The highest BCUT2D eigenvalue weighted by Gasteiger charge is 2.53. The molecule has 186 valence electrons. The van der Waals surface area contributed by atoms with Gasteiger partial charge >= 0.3 is 12.3 Å². The summed E-state index contributed by atoms with van der Waals surface area (Å²) in [6.07, 6.45) is -4.04. The van der Waals surface area contributed by atoms with Gasteiger partial charge in [0.15, 0.2) is 5.17 Å². The summed E-state index contributed by atoms with van der Waals surface area (Å²) >= 11 is 1.28. The topological polar surface area (TPSA) is 83.9 Å². The number of benzene rings is 1. The van der Waals surface area contributed by atoms with Crippen LogP contribution in [0.4, 0.5) is 18.0 Å². The summed E-state index contributed by atoms with van der Waals surface area (Å²) in [5, 5.41) is 3.02. The molecular weight excluding hydrogens is 481 g/mol. The van der Waals surface area contributed by atoms with Gasteiger partial charge in [0.05, 0.1) is 17.8 Å². The highest BCUT2D eigenvalue weighted by atomic mass is 32.2. The first-order valence-corrected chi connectivity index (χ1v) is 12.0. The molecule has 0 aliphatic carbocycles. The molecule has 1 saturated heterocycles. The Bertz CT molecular complexity index is 1150. The van der Waals surface area contributed by atoms with Crippen LogP contribution in [-0.4, -0.2) is 51.5 Å². The van der Waals surface area contributed by atoms with Crippen LogP contribution in [0.5, 0.6) is 0 Å². The number of carbonyl (C=O) groups excluding carboxylic acids is 2. The van der Waals surface area contributed by atoms with Crippen molar-refractivity contribution in [1.82, 2.24) is 15.2 Å². The summed E-state index contributed by atoms with van der Waals surface area (Å²) in [6, 6.07) is 10.4. The van der Waals surface area contributed by atoms with E-state index in [1.165, 1.54) is 16.7 Å². The van der Waals surface area contributed by atoms with E-state index in [0.29, 0.717) is 11.3 Å². The van der Waals surface area contributed by atoms with E-state index in [0.717, 1.165) is 18.3 Å². The summed E-state index contributed by atoms with van der Waals surface area (Å²) in [4.78, 5) is 36.0. The lowest BCUT2D eigenvalue weighted by molar-refractivity contribution is -0.137. The van der Waals surface area contributed by atoms with Gasteiger partial charge in [-0.3, -0.25) is 9.78 Å². The molecule has 35 heavy (non-hydrogen) atoms. The van der Waals surface area contributed by atoms with Crippen LogP contribution in [0, 0.1) is 5.92 Å². The van der Waals surface area contributed by atoms with E-state index < -0.39 is 29.0 Å². The lowest BCUT2D eigenvalue weighted by Crippen LogP contribution is -2.43. The standard InChI is InChI=1S/C24H25F3N4O3S/c1-22(2,3)34-21(33)31-12-17-13-35-20(29-19(32)15-7-5-4-6-8-15)30-23(17,14-31)18-11-16(9-10-28-18)24(25,26)27/h4-11,17H,12-14H2,1-3H3,(H,29,30,32)/t17-,23-/m0/s1. The number of nitrogens with one attached hydrogen (secondary N) is 1. The van der Waals surface area contributed by atoms with Gasteiger partial charge in [-0.1, -0.05) is 30.0 Å². The number of rotatable bonds is 2. The van der Waals surface area contributed by atoms with E-state index in [1.807, 2.05) is 0 Å². The van der Waals surface area contributed by atoms with Gasteiger partial charge in [-0.25, -0.2) is 9.79 Å². The number of thioether (sulfide) groups is 1. The first-order chi connectivity index (χ1) is 16.4. The third kappa shape index (κ3) is 5.44. The number of carbonyl (C=O) groups is 2. The monoisotopic (exact) mass is 506 g/mol. The fourth-order valence-electron chi connectivity index (χ4n) is 4.09. The number of nitrogens with zero attached hydrogens (tertiary/aromatic N) is 3. The quantitative estimate of drug-likeness (QED) is 0.639. The van der Waals surface area contributed by atoms with Crippen molar-refractivity contribution in [3.63, 3.8) is 0 Å². The van der Waals surface area contributed by atoms with Crippen LogP contribution in [0.25, 0.3) is 0 Å². The molecule has 1 aromatic carbocycles. The van der Waals surface area contributed by atoms with E-state index in [9.17, 15) is 22.8 Å². The predicted molar refractivity (Wildman–Crippen MR) is 126 cm³/mol. The highest BCUT2D eigenvalue weighted by Crippen LogP contribution is 2.46. The van der Waals surface area contributed by atoms with Crippen molar-refractivity contribution in [2.75, 3.05) is 18.8 Å². The second-order valence-corrected chi connectivity index (χ2v) is 10.5. The molecule has 11 heteroatoms. The van der Waals surface area contributed by atoms with E-state index >= 15 is 0 Å². The number of hydrogen-bond acceptors (Lipinski definition) is 6. The molecule has 0 unspecified atom stereocenters. The molecule has 1 N–H and O–H groups in total. The molecule has 0 bridgehead atoms. The minimum absolute atomic E-state index is 0.0217.